The van der Waals surface area contributed by atoms with Crippen molar-refractivity contribution in [2.75, 3.05) is 13.0 Å². The summed E-state index contributed by atoms with van der Waals surface area (Å²) in [6, 6.07) is 6.36. The minimum absolute atomic E-state index is 0.0949. The van der Waals surface area contributed by atoms with Gasteiger partial charge in [-0.3, -0.25) is 4.90 Å². The molecule has 15 heavy (non-hydrogen) atoms. The topological polar surface area (TPSA) is 23.5 Å². The Morgan fingerprint density at radius 3 is 2.47 bits per heavy atom. The molecule has 0 saturated heterocycles. The Morgan fingerprint density at radius 1 is 1.33 bits per heavy atom. The Hall–Kier alpha value is -0.860. The summed E-state index contributed by atoms with van der Waals surface area (Å²) in [5, 5.41) is 10.5. The van der Waals surface area contributed by atoms with Crippen molar-refractivity contribution >= 4 is 0 Å². The van der Waals surface area contributed by atoms with Crippen LogP contribution in [0.3, 0.4) is 0 Å². The van der Waals surface area contributed by atoms with Crippen molar-refractivity contribution in [1.82, 2.24) is 4.90 Å². The van der Waals surface area contributed by atoms with Gasteiger partial charge in [-0.2, -0.15) is 0 Å². The van der Waals surface area contributed by atoms with Gasteiger partial charge in [-0.15, -0.1) is 0 Å². The number of likely N-dealkylation sites (N-methyl/N-ethyl adjacent to an activating group) is 1. The van der Waals surface area contributed by atoms with E-state index in [0.29, 0.717) is 0 Å². The first kappa shape index (κ1) is 4.19. The van der Waals surface area contributed by atoms with E-state index in [4.69, 9.17) is 13.7 Å². The molecule has 0 fully saturated rings. The summed E-state index contributed by atoms with van der Waals surface area (Å²) < 4.78 is 75.8. The van der Waals surface area contributed by atoms with Gasteiger partial charge in [-0.25, -0.2) is 0 Å². The minimum atomic E-state index is -3.34. The highest BCUT2D eigenvalue weighted by atomic mass is 16.3. The van der Waals surface area contributed by atoms with Gasteiger partial charge in [0.1, 0.15) is 0 Å². The molecule has 2 atom stereocenters. The average molecular weight is 217 g/mol. The molecule has 2 heteroatoms. The molecule has 1 aromatic rings. The molecule has 0 heterocycles. The highest BCUT2D eigenvalue weighted by Crippen LogP contribution is 2.20. The molecule has 2 nitrogen and oxygen atoms in total. The van der Waals surface area contributed by atoms with Gasteiger partial charge in [-0.1, -0.05) is 44.0 Å². The molecule has 0 aliphatic rings. The van der Waals surface area contributed by atoms with Crippen molar-refractivity contribution in [1.29, 1.82) is 0 Å². The molecule has 1 rings (SSSR count). The molecule has 0 spiro atoms. The summed E-state index contributed by atoms with van der Waals surface area (Å²) in [4.78, 5) is 0.0949. The fourth-order valence-corrected chi connectivity index (χ4v) is 1.30. The van der Waals surface area contributed by atoms with Crippen LogP contribution >= 0.6 is 0 Å². The molecular formula is C13H21NO. The lowest BCUT2D eigenvalue weighted by Gasteiger charge is -2.30. The van der Waals surface area contributed by atoms with Crippen molar-refractivity contribution in [2.24, 2.45) is 0 Å². The number of nitrogens with zero attached hydrogens (tertiary/aromatic N) is 1. The quantitative estimate of drug-likeness (QED) is 0.819. The lowest BCUT2D eigenvalue weighted by atomic mass is 10.0. The van der Waals surface area contributed by atoms with E-state index in [2.05, 4.69) is 0 Å². The largest absolute Gasteiger partial charge is 0.387 e. The fraction of sp³-hybridized carbons (Fsp3) is 0.538. The van der Waals surface area contributed by atoms with Crippen LogP contribution < -0.4 is 0 Å². The highest BCUT2D eigenvalue weighted by molar-refractivity contribution is 5.18. The molecule has 0 saturated carbocycles. The van der Waals surface area contributed by atoms with Crippen molar-refractivity contribution < 1.29 is 18.8 Å². The van der Waals surface area contributed by atoms with Gasteiger partial charge in [0.05, 0.1) is 6.10 Å². The summed E-state index contributed by atoms with van der Waals surface area (Å²) in [7, 11) is 0. The molecule has 0 aliphatic heterocycles. The van der Waals surface area contributed by atoms with Gasteiger partial charge in [0.25, 0.3) is 0 Å². The SMILES string of the molecule is [2H]C([2H])([2H])C([2H])([2H])N([C@@H](C)[C@@H](O)c1ccccc1)C([2H])([2H])C([2H])([2H])[2H]. The van der Waals surface area contributed by atoms with Crippen molar-refractivity contribution in [3.63, 3.8) is 0 Å². The third-order valence-electron chi connectivity index (χ3n) is 2.25. The Morgan fingerprint density at radius 2 is 1.93 bits per heavy atom. The van der Waals surface area contributed by atoms with Crippen LogP contribution in [0.1, 0.15) is 46.0 Å². The number of benzene rings is 1. The van der Waals surface area contributed by atoms with E-state index in [1.165, 1.54) is 19.1 Å². The van der Waals surface area contributed by atoms with E-state index >= 15 is 0 Å². The number of rotatable bonds is 5. The van der Waals surface area contributed by atoms with Gasteiger partial charge in [0.2, 0.25) is 0 Å². The van der Waals surface area contributed by atoms with E-state index in [0.717, 1.165) is 0 Å². The Kier molecular flexibility index (Phi) is 1.64. The maximum absolute atomic E-state index is 10.5. The fourth-order valence-electron chi connectivity index (χ4n) is 1.30. The zero-order valence-electron chi connectivity index (χ0n) is 18.4. The smallest absolute Gasteiger partial charge is 0.0942 e. The Labute approximate surface area is 107 Å². The summed E-state index contributed by atoms with van der Waals surface area (Å²) in [6.45, 7) is -12.2. The molecule has 0 unspecified atom stereocenters. The molecule has 0 radical (unpaired) electrons. The summed E-state index contributed by atoms with van der Waals surface area (Å²) in [5.41, 5.74) is 0.280. The van der Waals surface area contributed by atoms with E-state index in [9.17, 15) is 5.11 Å². The Bertz CT molecular complexity index is 542. The zero-order valence-corrected chi connectivity index (χ0v) is 8.44. The highest BCUT2D eigenvalue weighted by Gasteiger charge is 2.20. The van der Waals surface area contributed by atoms with E-state index in [1.807, 2.05) is 0 Å². The lowest BCUT2D eigenvalue weighted by Crippen LogP contribution is -2.37. The summed E-state index contributed by atoms with van der Waals surface area (Å²) in [5.74, 6) is 0. The van der Waals surface area contributed by atoms with E-state index in [-0.39, 0.29) is 10.5 Å². The Balaban J connectivity index is 3.47. The lowest BCUT2D eigenvalue weighted by molar-refractivity contribution is 0.0638. The molecule has 0 aromatic heterocycles. The first-order chi connectivity index (χ1) is 11.0. The second kappa shape index (κ2) is 5.89. The van der Waals surface area contributed by atoms with Gasteiger partial charge < -0.3 is 5.11 Å². The van der Waals surface area contributed by atoms with E-state index < -0.39 is 38.8 Å². The first-order valence-electron chi connectivity index (χ1n) is 9.57. The number of hydrogen-bond acceptors (Lipinski definition) is 2. The normalized spacial score (nSPS) is 28.7. The number of aliphatic hydroxyl groups excluding tert-OH is 1. The molecule has 84 valence electrons. The van der Waals surface area contributed by atoms with Gasteiger partial charge in [-0.05, 0) is 25.5 Å². The average Bonchev–Trinajstić information content (AvgIpc) is 2.44. The third kappa shape index (κ3) is 3.05. The third-order valence-corrected chi connectivity index (χ3v) is 2.25. The van der Waals surface area contributed by atoms with Crippen LogP contribution in [0.15, 0.2) is 30.3 Å². The standard InChI is InChI=1S/C13H21NO/c1-4-14(5-2)11(3)13(15)12-9-7-6-8-10-12/h6-11,13,15H,4-5H2,1-3H3/t11-,13+/m0/s1/i1D3,2D3,4D2,5D2. The second-order valence-electron chi connectivity index (χ2n) is 3.19. The maximum Gasteiger partial charge on any atom is 0.0942 e. The van der Waals surface area contributed by atoms with E-state index in [1.54, 1.807) is 18.2 Å². The van der Waals surface area contributed by atoms with Crippen molar-refractivity contribution in [2.45, 2.75) is 32.8 Å². The molecule has 1 aromatic carbocycles. The van der Waals surface area contributed by atoms with Crippen LogP contribution in [0.5, 0.6) is 0 Å². The van der Waals surface area contributed by atoms with Crippen molar-refractivity contribution in [3.05, 3.63) is 35.9 Å². The zero-order chi connectivity index (χ0) is 19.8. The predicted molar refractivity (Wildman–Crippen MR) is 63.8 cm³/mol. The molecule has 0 bridgehead atoms. The molecule has 0 amide bonds. The van der Waals surface area contributed by atoms with Crippen LogP contribution in [0, 0.1) is 0 Å². The van der Waals surface area contributed by atoms with Crippen LogP contribution in [0.2, 0.25) is 0 Å². The number of aliphatic hydroxyl groups is 1. The van der Waals surface area contributed by atoms with Crippen LogP contribution in [0.25, 0.3) is 0 Å². The van der Waals surface area contributed by atoms with Crippen molar-refractivity contribution in [3.8, 4) is 0 Å². The maximum atomic E-state index is 10.5. The molecule has 0 aliphatic carbocycles. The van der Waals surface area contributed by atoms with Gasteiger partial charge in [0.15, 0.2) is 0 Å². The van der Waals surface area contributed by atoms with Crippen LogP contribution in [-0.2, 0) is 0 Å². The summed E-state index contributed by atoms with van der Waals surface area (Å²) >= 11 is 0. The second-order valence-corrected chi connectivity index (χ2v) is 3.19. The number of hydrogen-bond donors (Lipinski definition) is 1. The van der Waals surface area contributed by atoms with Crippen LogP contribution in [0.4, 0.5) is 0 Å². The van der Waals surface area contributed by atoms with Crippen LogP contribution in [-0.4, -0.2) is 29.0 Å². The van der Waals surface area contributed by atoms with Gasteiger partial charge >= 0.3 is 0 Å². The summed E-state index contributed by atoms with van der Waals surface area (Å²) in [6.07, 6.45) is -1.50. The monoisotopic (exact) mass is 217 g/mol. The molecule has 1 N–H and O–H groups in total. The van der Waals surface area contributed by atoms with Gasteiger partial charge in [0, 0.05) is 19.7 Å². The predicted octanol–water partition coefficient (Wildman–Crippen LogP) is 2.45. The first-order valence-corrected chi connectivity index (χ1v) is 4.57. The minimum Gasteiger partial charge on any atom is -0.387 e. The molecular weight excluding hydrogens is 186 g/mol.